The largest absolute Gasteiger partial charge is 0.383 e. The summed E-state index contributed by atoms with van der Waals surface area (Å²) < 4.78 is 31.1. The normalized spacial score (nSPS) is 13.2. The number of benzene rings is 1. The van der Waals surface area contributed by atoms with Crippen LogP contribution in [0.15, 0.2) is 23.1 Å². The van der Waals surface area contributed by atoms with E-state index >= 15 is 0 Å². The molecular weight excluding hydrogens is 298 g/mol. The summed E-state index contributed by atoms with van der Waals surface area (Å²) in [5.41, 5.74) is -0.0297. The predicted molar refractivity (Wildman–Crippen MR) is 78.9 cm³/mol. The molecule has 118 valence electrons. The van der Waals surface area contributed by atoms with Crippen molar-refractivity contribution in [3.63, 3.8) is 0 Å². The smallest absolute Gasteiger partial charge is 0.292 e. The summed E-state index contributed by atoms with van der Waals surface area (Å²) in [5.74, 6) is 0. The van der Waals surface area contributed by atoms with E-state index in [2.05, 4.69) is 5.32 Å². The zero-order valence-electron chi connectivity index (χ0n) is 12.4. The summed E-state index contributed by atoms with van der Waals surface area (Å²) in [5, 5.41) is 13.5. The van der Waals surface area contributed by atoms with Crippen LogP contribution in [0.4, 0.5) is 11.4 Å². The van der Waals surface area contributed by atoms with Crippen molar-refractivity contribution in [3.8, 4) is 0 Å². The summed E-state index contributed by atoms with van der Waals surface area (Å²) in [6, 6.07) is 3.30. The molecule has 0 aliphatic heterocycles. The third-order valence-electron chi connectivity index (χ3n) is 3.14. The fourth-order valence-electron chi connectivity index (χ4n) is 1.78. The van der Waals surface area contributed by atoms with Crippen molar-refractivity contribution in [1.29, 1.82) is 0 Å². The molecule has 0 amide bonds. The maximum atomic E-state index is 12.5. The van der Waals surface area contributed by atoms with Crippen LogP contribution in [0.2, 0.25) is 0 Å². The molecule has 0 saturated heterocycles. The first-order valence-corrected chi connectivity index (χ1v) is 7.62. The Labute approximate surface area is 123 Å². The Kier molecular flexibility index (Phi) is 5.64. The van der Waals surface area contributed by atoms with Gasteiger partial charge in [-0.1, -0.05) is 0 Å². The first-order valence-electron chi connectivity index (χ1n) is 6.18. The van der Waals surface area contributed by atoms with Gasteiger partial charge in [0, 0.05) is 33.3 Å². The van der Waals surface area contributed by atoms with Crippen LogP contribution in [0, 0.1) is 10.1 Å². The molecule has 0 bridgehead atoms. The van der Waals surface area contributed by atoms with Crippen LogP contribution in [0.25, 0.3) is 0 Å². The number of nitrogens with one attached hydrogen (secondary N) is 1. The van der Waals surface area contributed by atoms with E-state index < -0.39 is 14.9 Å². The minimum absolute atomic E-state index is 0.0112. The zero-order valence-corrected chi connectivity index (χ0v) is 13.2. The minimum Gasteiger partial charge on any atom is -0.383 e. The number of rotatable bonds is 7. The van der Waals surface area contributed by atoms with E-state index in [1.807, 2.05) is 0 Å². The second-order valence-corrected chi connectivity index (χ2v) is 6.51. The van der Waals surface area contributed by atoms with E-state index in [1.165, 1.54) is 43.7 Å². The second-order valence-electron chi connectivity index (χ2n) is 4.51. The van der Waals surface area contributed by atoms with Gasteiger partial charge in [0.2, 0.25) is 10.0 Å². The molecule has 0 radical (unpaired) electrons. The molecule has 1 atom stereocenters. The zero-order chi connectivity index (χ0) is 16.2. The van der Waals surface area contributed by atoms with Gasteiger partial charge in [0.1, 0.15) is 5.69 Å². The lowest BCUT2D eigenvalue weighted by molar-refractivity contribution is -0.384. The van der Waals surface area contributed by atoms with Crippen LogP contribution in [-0.4, -0.2) is 51.5 Å². The number of likely N-dealkylation sites (N-methyl/N-ethyl adjacent to an activating group) is 1. The van der Waals surface area contributed by atoms with Crippen LogP contribution in [0.5, 0.6) is 0 Å². The summed E-state index contributed by atoms with van der Waals surface area (Å²) in [7, 11) is 0.683. The molecule has 0 fully saturated rings. The third-order valence-corrected chi connectivity index (χ3v) is 5.11. The highest BCUT2D eigenvalue weighted by molar-refractivity contribution is 7.89. The van der Waals surface area contributed by atoms with Gasteiger partial charge in [-0.05, 0) is 19.1 Å². The molecule has 0 heterocycles. The molecule has 1 aromatic carbocycles. The number of sulfonamides is 1. The van der Waals surface area contributed by atoms with Crippen molar-refractivity contribution in [2.75, 3.05) is 33.1 Å². The highest BCUT2D eigenvalue weighted by Crippen LogP contribution is 2.28. The lowest BCUT2D eigenvalue weighted by Gasteiger charge is -2.23. The SMILES string of the molecule is CNc1cc(S(=O)(=O)N(C)C(C)COC)ccc1[N+](=O)[O-]. The van der Waals surface area contributed by atoms with E-state index in [-0.39, 0.29) is 28.9 Å². The average Bonchev–Trinajstić information content (AvgIpc) is 2.45. The molecule has 21 heavy (non-hydrogen) atoms. The van der Waals surface area contributed by atoms with E-state index in [1.54, 1.807) is 6.92 Å². The molecule has 0 aliphatic carbocycles. The van der Waals surface area contributed by atoms with Gasteiger partial charge in [-0.25, -0.2) is 8.42 Å². The molecule has 9 heteroatoms. The minimum atomic E-state index is -3.74. The molecule has 0 aromatic heterocycles. The number of methoxy groups -OCH3 is 1. The Bertz CT molecular complexity index is 617. The molecule has 1 N–H and O–H groups in total. The van der Waals surface area contributed by atoms with Crippen molar-refractivity contribution < 1.29 is 18.1 Å². The second kappa shape index (κ2) is 6.83. The molecule has 1 unspecified atom stereocenters. The van der Waals surface area contributed by atoms with Crippen molar-refractivity contribution in [2.24, 2.45) is 0 Å². The monoisotopic (exact) mass is 317 g/mol. The number of nitro groups is 1. The number of anilines is 1. The fraction of sp³-hybridized carbons (Fsp3) is 0.500. The average molecular weight is 317 g/mol. The molecule has 0 aliphatic rings. The number of nitrogens with zero attached hydrogens (tertiary/aromatic N) is 2. The lowest BCUT2D eigenvalue weighted by atomic mass is 10.3. The summed E-state index contributed by atoms with van der Waals surface area (Å²) in [4.78, 5) is 10.3. The van der Waals surface area contributed by atoms with E-state index in [4.69, 9.17) is 4.74 Å². The molecular formula is C12H19N3O5S. The Morgan fingerprint density at radius 1 is 1.48 bits per heavy atom. The Balaban J connectivity index is 3.23. The van der Waals surface area contributed by atoms with Gasteiger partial charge in [0.05, 0.1) is 16.4 Å². The molecule has 8 nitrogen and oxygen atoms in total. The fourth-order valence-corrected chi connectivity index (χ4v) is 3.16. The first-order chi connectivity index (χ1) is 9.75. The maximum absolute atomic E-state index is 12.5. The quantitative estimate of drug-likeness (QED) is 0.600. The van der Waals surface area contributed by atoms with E-state index in [0.717, 1.165) is 0 Å². The van der Waals surface area contributed by atoms with Gasteiger partial charge >= 0.3 is 0 Å². The standard InChI is InChI=1S/C12H19N3O5S/c1-9(8-20-4)14(3)21(18,19)10-5-6-12(15(16)17)11(7-10)13-2/h5-7,9,13H,8H2,1-4H3. The first kappa shape index (κ1) is 17.3. The van der Waals surface area contributed by atoms with E-state index in [9.17, 15) is 18.5 Å². The van der Waals surface area contributed by atoms with Gasteiger partial charge in [-0.3, -0.25) is 10.1 Å². The van der Waals surface area contributed by atoms with Gasteiger partial charge in [-0.2, -0.15) is 4.31 Å². The molecule has 1 aromatic rings. The number of nitro benzene ring substituents is 1. The number of hydrogen-bond acceptors (Lipinski definition) is 6. The highest BCUT2D eigenvalue weighted by Gasteiger charge is 2.27. The Morgan fingerprint density at radius 3 is 2.57 bits per heavy atom. The Hall–Kier alpha value is -1.71. The van der Waals surface area contributed by atoms with Crippen molar-refractivity contribution in [3.05, 3.63) is 28.3 Å². The summed E-state index contributed by atoms with van der Waals surface area (Å²) >= 11 is 0. The topological polar surface area (TPSA) is 102 Å². The van der Waals surface area contributed by atoms with Crippen LogP contribution in [-0.2, 0) is 14.8 Å². The third kappa shape index (κ3) is 3.69. The summed E-state index contributed by atoms with van der Waals surface area (Å²) in [6.07, 6.45) is 0. The molecule has 1 rings (SSSR count). The number of ether oxygens (including phenoxy) is 1. The number of hydrogen-bond donors (Lipinski definition) is 1. The lowest BCUT2D eigenvalue weighted by Crippen LogP contribution is -2.37. The van der Waals surface area contributed by atoms with Gasteiger partial charge in [-0.15, -0.1) is 0 Å². The van der Waals surface area contributed by atoms with Crippen LogP contribution >= 0.6 is 0 Å². The highest BCUT2D eigenvalue weighted by atomic mass is 32.2. The van der Waals surface area contributed by atoms with Gasteiger partial charge in [0.15, 0.2) is 0 Å². The van der Waals surface area contributed by atoms with Crippen LogP contribution in [0.1, 0.15) is 6.92 Å². The van der Waals surface area contributed by atoms with Crippen LogP contribution in [0.3, 0.4) is 0 Å². The van der Waals surface area contributed by atoms with Crippen LogP contribution < -0.4 is 5.32 Å². The Morgan fingerprint density at radius 2 is 2.10 bits per heavy atom. The molecule has 0 spiro atoms. The maximum Gasteiger partial charge on any atom is 0.292 e. The van der Waals surface area contributed by atoms with Crippen molar-refractivity contribution >= 4 is 21.4 Å². The summed E-state index contributed by atoms with van der Waals surface area (Å²) in [6.45, 7) is 1.97. The van der Waals surface area contributed by atoms with E-state index in [0.29, 0.717) is 0 Å². The predicted octanol–water partition coefficient (Wildman–Crippen LogP) is 1.29. The molecule has 0 saturated carbocycles. The van der Waals surface area contributed by atoms with Crippen molar-refractivity contribution in [1.82, 2.24) is 4.31 Å². The van der Waals surface area contributed by atoms with Gasteiger partial charge < -0.3 is 10.1 Å². The van der Waals surface area contributed by atoms with Crippen molar-refractivity contribution in [2.45, 2.75) is 17.9 Å². The van der Waals surface area contributed by atoms with Gasteiger partial charge in [0.25, 0.3) is 5.69 Å².